The van der Waals surface area contributed by atoms with Gasteiger partial charge in [0.1, 0.15) is 0 Å². The minimum atomic E-state index is -1.44. The van der Waals surface area contributed by atoms with Crippen LogP contribution < -0.4 is 0 Å². The van der Waals surface area contributed by atoms with Gasteiger partial charge in [0.2, 0.25) is 0 Å². The smallest absolute Gasteiger partial charge is 0.194 e. The van der Waals surface area contributed by atoms with E-state index in [4.69, 9.17) is 0 Å². The van der Waals surface area contributed by atoms with Crippen molar-refractivity contribution < 1.29 is 13.2 Å². The average Bonchev–Trinajstić information content (AvgIpc) is 2.14. The Morgan fingerprint density at radius 1 is 1.13 bits per heavy atom. The SMILES string of the molecule is C/C=C(/c1cc(F)c(F)c(F)c1)N(C)C. The summed E-state index contributed by atoms with van der Waals surface area (Å²) in [5, 5.41) is 0. The molecule has 0 saturated heterocycles. The van der Waals surface area contributed by atoms with E-state index in [1.54, 1.807) is 32.0 Å². The van der Waals surface area contributed by atoms with Crippen molar-refractivity contribution in [2.45, 2.75) is 6.92 Å². The van der Waals surface area contributed by atoms with Crippen molar-refractivity contribution in [2.75, 3.05) is 14.1 Å². The van der Waals surface area contributed by atoms with Gasteiger partial charge in [0.25, 0.3) is 0 Å². The maximum absolute atomic E-state index is 12.9. The van der Waals surface area contributed by atoms with Gasteiger partial charge in [-0.15, -0.1) is 0 Å². The molecule has 0 amide bonds. The van der Waals surface area contributed by atoms with Gasteiger partial charge in [-0.25, -0.2) is 13.2 Å². The Bertz CT molecular complexity index is 374. The lowest BCUT2D eigenvalue weighted by molar-refractivity contribution is 0.446. The Kier molecular flexibility index (Phi) is 3.39. The Morgan fingerprint density at radius 3 is 1.93 bits per heavy atom. The maximum Gasteiger partial charge on any atom is 0.194 e. The van der Waals surface area contributed by atoms with E-state index in [1.165, 1.54) is 0 Å². The lowest BCUT2D eigenvalue weighted by atomic mass is 10.1. The minimum Gasteiger partial charge on any atom is -0.377 e. The fourth-order valence-corrected chi connectivity index (χ4v) is 1.39. The van der Waals surface area contributed by atoms with Gasteiger partial charge < -0.3 is 4.90 Å². The first kappa shape index (κ1) is 11.6. The number of hydrogen-bond donors (Lipinski definition) is 0. The first-order valence-electron chi connectivity index (χ1n) is 4.46. The Morgan fingerprint density at radius 2 is 1.60 bits per heavy atom. The molecule has 0 radical (unpaired) electrons. The third-order valence-corrected chi connectivity index (χ3v) is 2.03. The second-order valence-corrected chi connectivity index (χ2v) is 3.32. The van der Waals surface area contributed by atoms with Crippen LogP contribution in [0.4, 0.5) is 13.2 Å². The molecule has 0 aliphatic rings. The van der Waals surface area contributed by atoms with Crippen LogP contribution in [-0.2, 0) is 0 Å². The monoisotopic (exact) mass is 215 g/mol. The van der Waals surface area contributed by atoms with E-state index in [0.29, 0.717) is 11.3 Å². The van der Waals surface area contributed by atoms with Crippen LogP contribution in [0.15, 0.2) is 18.2 Å². The van der Waals surface area contributed by atoms with Gasteiger partial charge in [0.15, 0.2) is 17.5 Å². The van der Waals surface area contributed by atoms with Crippen LogP contribution in [0.5, 0.6) is 0 Å². The highest BCUT2D eigenvalue weighted by atomic mass is 19.2. The first-order valence-corrected chi connectivity index (χ1v) is 4.46. The van der Waals surface area contributed by atoms with E-state index >= 15 is 0 Å². The standard InChI is InChI=1S/C11H12F3N/c1-4-10(15(2)3)7-5-8(12)11(14)9(13)6-7/h4-6H,1-3H3/b10-4-. The van der Waals surface area contributed by atoms with Crippen LogP contribution in [-0.4, -0.2) is 19.0 Å². The first-order chi connectivity index (χ1) is 6.97. The van der Waals surface area contributed by atoms with Gasteiger partial charge in [-0.1, -0.05) is 6.08 Å². The summed E-state index contributed by atoms with van der Waals surface area (Å²) >= 11 is 0. The predicted octanol–water partition coefficient (Wildman–Crippen LogP) is 3.03. The summed E-state index contributed by atoms with van der Waals surface area (Å²) in [4.78, 5) is 1.70. The van der Waals surface area contributed by atoms with E-state index in [9.17, 15) is 13.2 Å². The molecule has 0 fully saturated rings. The zero-order chi connectivity index (χ0) is 11.6. The van der Waals surface area contributed by atoms with Crippen molar-refractivity contribution in [3.63, 3.8) is 0 Å². The summed E-state index contributed by atoms with van der Waals surface area (Å²) in [6.45, 7) is 1.74. The number of rotatable bonds is 2. The molecule has 0 N–H and O–H groups in total. The van der Waals surface area contributed by atoms with Crippen molar-refractivity contribution in [1.82, 2.24) is 4.90 Å². The van der Waals surface area contributed by atoms with Crippen molar-refractivity contribution >= 4 is 5.70 Å². The molecule has 15 heavy (non-hydrogen) atoms. The summed E-state index contributed by atoms with van der Waals surface area (Å²) in [6.07, 6.45) is 1.70. The molecule has 0 saturated carbocycles. The average molecular weight is 215 g/mol. The number of benzene rings is 1. The van der Waals surface area contributed by atoms with Crippen LogP contribution in [0.1, 0.15) is 12.5 Å². The molecular formula is C11H12F3N. The summed E-state index contributed by atoms with van der Waals surface area (Å²) < 4.78 is 38.6. The molecular weight excluding hydrogens is 203 g/mol. The summed E-state index contributed by atoms with van der Waals surface area (Å²) in [6, 6.07) is 1.96. The zero-order valence-corrected chi connectivity index (χ0v) is 8.81. The highest BCUT2D eigenvalue weighted by Gasteiger charge is 2.13. The second-order valence-electron chi connectivity index (χ2n) is 3.32. The van der Waals surface area contributed by atoms with Crippen LogP contribution in [0, 0.1) is 17.5 Å². The molecule has 4 heteroatoms. The summed E-state index contributed by atoms with van der Waals surface area (Å²) in [5.41, 5.74) is 0.951. The second kappa shape index (κ2) is 4.38. The lowest BCUT2D eigenvalue weighted by Gasteiger charge is -2.17. The van der Waals surface area contributed by atoms with E-state index in [-0.39, 0.29) is 0 Å². The molecule has 0 spiro atoms. The molecule has 0 bridgehead atoms. The maximum atomic E-state index is 12.9. The quantitative estimate of drug-likeness (QED) is 0.685. The third-order valence-electron chi connectivity index (χ3n) is 2.03. The molecule has 1 aromatic carbocycles. The highest BCUT2D eigenvalue weighted by molar-refractivity contribution is 5.63. The Labute approximate surface area is 86.8 Å². The molecule has 0 unspecified atom stereocenters. The van der Waals surface area contributed by atoms with Gasteiger partial charge >= 0.3 is 0 Å². The van der Waals surface area contributed by atoms with E-state index in [0.717, 1.165) is 12.1 Å². The molecule has 0 aromatic heterocycles. The summed E-state index contributed by atoms with van der Waals surface area (Å²) in [5.74, 6) is -3.79. The molecule has 0 atom stereocenters. The van der Waals surface area contributed by atoms with Gasteiger partial charge in [0, 0.05) is 25.4 Å². The predicted molar refractivity (Wildman–Crippen MR) is 53.7 cm³/mol. The van der Waals surface area contributed by atoms with E-state index in [1.807, 2.05) is 0 Å². The molecule has 0 aliphatic heterocycles. The van der Waals surface area contributed by atoms with Crippen molar-refractivity contribution in [2.24, 2.45) is 0 Å². The summed E-state index contributed by atoms with van der Waals surface area (Å²) in [7, 11) is 3.49. The number of allylic oxidation sites excluding steroid dienone is 1. The molecule has 1 rings (SSSR count). The molecule has 1 aromatic rings. The van der Waals surface area contributed by atoms with E-state index in [2.05, 4.69) is 0 Å². The largest absolute Gasteiger partial charge is 0.377 e. The third kappa shape index (κ3) is 2.32. The zero-order valence-electron chi connectivity index (χ0n) is 8.81. The Balaban J connectivity index is 3.28. The van der Waals surface area contributed by atoms with Gasteiger partial charge in [0.05, 0.1) is 0 Å². The normalized spacial score (nSPS) is 11.7. The van der Waals surface area contributed by atoms with Crippen molar-refractivity contribution in [3.05, 3.63) is 41.2 Å². The van der Waals surface area contributed by atoms with E-state index < -0.39 is 17.5 Å². The number of halogens is 3. The minimum absolute atomic E-state index is 0.318. The fraction of sp³-hybridized carbons (Fsp3) is 0.273. The van der Waals surface area contributed by atoms with Crippen LogP contribution in [0.2, 0.25) is 0 Å². The van der Waals surface area contributed by atoms with Gasteiger partial charge in [-0.3, -0.25) is 0 Å². The topological polar surface area (TPSA) is 3.24 Å². The number of hydrogen-bond acceptors (Lipinski definition) is 1. The van der Waals surface area contributed by atoms with Crippen molar-refractivity contribution in [3.8, 4) is 0 Å². The molecule has 82 valence electrons. The van der Waals surface area contributed by atoms with Crippen LogP contribution >= 0.6 is 0 Å². The van der Waals surface area contributed by atoms with Crippen molar-refractivity contribution in [1.29, 1.82) is 0 Å². The van der Waals surface area contributed by atoms with Gasteiger partial charge in [-0.05, 0) is 19.1 Å². The highest BCUT2D eigenvalue weighted by Crippen LogP contribution is 2.21. The molecule has 0 heterocycles. The lowest BCUT2D eigenvalue weighted by Crippen LogP contribution is -2.10. The van der Waals surface area contributed by atoms with Crippen LogP contribution in [0.25, 0.3) is 5.70 Å². The Hall–Kier alpha value is -1.45. The van der Waals surface area contributed by atoms with Gasteiger partial charge in [-0.2, -0.15) is 0 Å². The number of nitrogens with zero attached hydrogens (tertiary/aromatic N) is 1. The molecule has 1 nitrogen and oxygen atoms in total. The molecule has 0 aliphatic carbocycles. The fourth-order valence-electron chi connectivity index (χ4n) is 1.39. The van der Waals surface area contributed by atoms with Crippen LogP contribution in [0.3, 0.4) is 0 Å².